The number of carbonyl (C=O) groups is 2. The van der Waals surface area contributed by atoms with Crippen LogP contribution in [-0.2, 0) is 4.79 Å². The molecule has 4 nitrogen and oxygen atoms in total. The zero-order valence-corrected chi connectivity index (χ0v) is 13.3. The van der Waals surface area contributed by atoms with E-state index in [9.17, 15) is 9.59 Å². The summed E-state index contributed by atoms with van der Waals surface area (Å²) >= 11 is 12.9. The third-order valence-electron chi connectivity index (χ3n) is 2.34. The first kappa shape index (κ1) is 16.3. The number of hydrogen-bond donors (Lipinski definition) is 1. The number of nitrogens with one attached hydrogen (secondary N) is 1. The van der Waals surface area contributed by atoms with E-state index in [0.29, 0.717) is 20.8 Å². The molecule has 0 aromatic carbocycles. The van der Waals surface area contributed by atoms with E-state index in [1.54, 1.807) is 0 Å². The zero-order valence-electron chi connectivity index (χ0n) is 11.0. The molecule has 1 aromatic heterocycles. The van der Waals surface area contributed by atoms with Gasteiger partial charge in [0.1, 0.15) is 4.34 Å². The van der Waals surface area contributed by atoms with Crippen LogP contribution in [0, 0.1) is 0 Å². The number of nitrogens with zero attached hydrogens (tertiary/aromatic N) is 1. The van der Waals surface area contributed by atoms with Crippen LogP contribution in [0.3, 0.4) is 0 Å². The van der Waals surface area contributed by atoms with E-state index in [4.69, 9.17) is 23.2 Å². The Hall–Kier alpha value is -0.780. The van der Waals surface area contributed by atoms with Crippen LogP contribution in [0.4, 0.5) is 0 Å². The largest absolute Gasteiger partial charge is 0.352 e. The minimum absolute atomic E-state index is 0.0112. The van der Waals surface area contributed by atoms with Crippen LogP contribution in [0.5, 0.6) is 0 Å². The van der Waals surface area contributed by atoms with E-state index in [0.717, 1.165) is 11.3 Å². The fourth-order valence-corrected chi connectivity index (χ4v) is 2.97. The highest BCUT2D eigenvalue weighted by Gasteiger charge is 2.21. The number of likely N-dealkylation sites (N-methyl/N-ethyl adjacent to an activating group) is 1. The van der Waals surface area contributed by atoms with Gasteiger partial charge in [0.15, 0.2) is 0 Å². The van der Waals surface area contributed by atoms with Crippen molar-refractivity contribution >= 4 is 46.4 Å². The van der Waals surface area contributed by atoms with Crippen molar-refractivity contribution in [3.8, 4) is 0 Å². The smallest absolute Gasteiger partial charge is 0.256 e. The molecule has 0 saturated carbocycles. The summed E-state index contributed by atoms with van der Waals surface area (Å²) in [7, 11) is 0. The molecule has 1 N–H and O–H groups in total. The molecule has 1 aromatic rings. The Kier molecular flexibility index (Phi) is 6.10. The summed E-state index contributed by atoms with van der Waals surface area (Å²) in [6, 6.07) is 1.57. The third-order valence-corrected chi connectivity index (χ3v) is 3.83. The van der Waals surface area contributed by atoms with Gasteiger partial charge in [0.25, 0.3) is 5.91 Å². The van der Waals surface area contributed by atoms with Gasteiger partial charge < -0.3 is 10.2 Å². The van der Waals surface area contributed by atoms with Gasteiger partial charge in [-0.3, -0.25) is 9.59 Å². The highest BCUT2D eigenvalue weighted by atomic mass is 35.5. The SMILES string of the molecule is CCN(CC(=O)NC(C)C)C(=O)c1cc(Cl)sc1Cl. The molecule has 19 heavy (non-hydrogen) atoms. The molecule has 0 unspecified atom stereocenters. The first-order valence-electron chi connectivity index (χ1n) is 5.88. The molecular formula is C12H16Cl2N2O2S. The highest BCUT2D eigenvalue weighted by Crippen LogP contribution is 2.31. The van der Waals surface area contributed by atoms with Crippen LogP contribution in [-0.4, -0.2) is 35.8 Å². The van der Waals surface area contributed by atoms with Gasteiger partial charge in [0.2, 0.25) is 5.91 Å². The van der Waals surface area contributed by atoms with Crippen LogP contribution in [0.1, 0.15) is 31.1 Å². The Labute approximate surface area is 126 Å². The van der Waals surface area contributed by atoms with Gasteiger partial charge in [0, 0.05) is 12.6 Å². The minimum Gasteiger partial charge on any atom is -0.352 e. The summed E-state index contributed by atoms with van der Waals surface area (Å²) in [5.74, 6) is -0.475. The van der Waals surface area contributed by atoms with Crippen molar-refractivity contribution in [1.82, 2.24) is 10.2 Å². The Morgan fingerprint density at radius 1 is 1.42 bits per heavy atom. The van der Waals surface area contributed by atoms with Crippen molar-refractivity contribution in [2.75, 3.05) is 13.1 Å². The Balaban J connectivity index is 2.77. The lowest BCUT2D eigenvalue weighted by atomic mass is 10.3. The van der Waals surface area contributed by atoms with E-state index in [2.05, 4.69) is 5.32 Å². The third kappa shape index (κ3) is 4.67. The Morgan fingerprint density at radius 3 is 2.47 bits per heavy atom. The lowest BCUT2D eigenvalue weighted by Crippen LogP contribution is -2.42. The molecule has 0 aliphatic rings. The highest BCUT2D eigenvalue weighted by molar-refractivity contribution is 7.20. The number of carbonyl (C=O) groups excluding carboxylic acids is 2. The number of amides is 2. The molecule has 0 atom stereocenters. The predicted molar refractivity (Wildman–Crippen MR) is 79.2 cm³/mol. The lowest BCUT2D eigenvalue weighted by molar-refractivity contribution is -0.122. The van der Waals surface area contributed by atoms with Crippen molar-refractivity contribution in [2.24, 2.45) is 0 Å². The summed E-state index contributed by atoms with van der Waals surface area (Å²) in [4.78, 5) is 25.4. The molecule has 0 aliphatic heterocycles. The molecule has 0 spiro atoms. The molecule has 7 heteroatoms. The number of thiophene rings is 1. The second-order valence-corrected chi connectivity index (χ2v) is 6.57. The van der Waals surface area contributed by atoms with E-state index < -0.39 is 0 Å². The van der Waals surface area contributed by atoms with Gasteiger partial charge in [-0.15, -0.1) is 11.3 Å². The fraction of sp³-hybridized carbons (Fsp3) is 0.500. The van der Waals surface area contributed by atoms with Crippen molar-refractivity contribution < 1.29 is 9.59 Å². The Morgan fingerprint density at radius 2 is 2.05 bits per heavy atom. The van der Waals surface area contributed by atoms with Crippen LogP contribution in [0.15, 0.2) is 6.07 Å². The molecule has 0 fully saturated rings. The number of rotatable bonds is 5. The molecule has 0 radical (unpaired) electrons. The molecule has 0 aliphatic carbocycles. The quantitative estimate of drug-likeness (QED) is 0.905. The van der Waals surface area contributed by atoms with Gasteiger partial charge in [0.05, 0.1) is 16.4 Å². The fourth-order valence-electron chi connectivity index (χ4n) is 1.52. The molecular weight excluding hydrogens is 307 g/mol. The van der Waals surface area contributed by atoms with Crippen molar-refractivity contribution in [2.45, 2.75) is 26.8 Å². The first-order chi connectivity index (χ1) is 8.85. The molecule has 0 bridgehead atoms. The van der Waals surface area contributed by atoms with E-state index in [1.165, 1.54) is 11.0 Å². The summed E-state index contributed by atoms with van der Waals surface area (Å²) < 4.78 is 0.800. The van der Waals surface area contributed by atoms with Crippen LogP contribution >= 0.6 is 34.5 Å². The van der Waals surface area contributed by atoms with E-state index in [-0.39, 0.29) is 24.4 Å². The molecule has 0 saturated heterocycles. The standard InChI is InChI=1S/C12H16Cl2N2O2S/c1-4-16(6-10(17)15-7(2)3)12(18)8-5-9(13)19-11(8)14/h5,7H,4,6H2,1-3H3,(H,15,17). The summed E-state index contributed by atoms with van der Waals surface area (Å²) in [6.07, 6.45) is 0. The molecule has 1 heterocycles. The molecule has 2 amide bonds. The second kappa shape index (κ2) is 7.12. The second-order valence-electron chi connectivity index (χ2n) is 4.28. The normalized spacial score (nSPS) is 10.6. The van der Waals surface area contributed by atoms with Crippen LogP contribution in [0.2, 0.25) is 8.67 Å². The van der Waals surface area contributed by atoms with Crippen molar-refractivity contribution in [1.29, 1.82) is 0 Å². The topological polar surface area (TPSA) is 49.4 Å². The van der Waals surface area contributed by atoms with Gasteiger partial charge in [-0.25, -0.2) is 0 Å². The maximum atomic E-state index is 12.2. The molecule has 1 rings (SSSR count). The van der Waals surface area contributed by atoms with Crippen molar-refractivity contribution in [3.63, 3.8) is 0 Å². The van der Waals surface area contributed by atoms with E-state index in [1.807, 2.05) is 20.8 Å². The van der Waals surface area contributed by atoms with Crippen molar-refractivity contribution in [3.05, 3.63) is 20.3 Å². The van der Waals surface area contributed by atoms with Gasteiger partial charge in [-0.2, -0.15) is 0 Å². The summed E-state index contributed by atoms with van der Waals surface area (Å²) in [6.45, 7) is 5.98. The van der Waals surface area contributed by atoms with E-state index >= 15 is 0 Å². The number of halogens is 2. The Bertz CT molecular complexity index is 474. The maximum Gasteiger partial charge on any atom is 0.256 e. The van der Waals surface area contributed by atoms with Gasteiger partial charge in [-0.05, 0) is 26.8 Å². The van der Waals surface area contributed by atoms with Gasteiger partial charge >= 0.3 is 0 Å². The summed E-state index contributed by atoms with van der Waals surface area (Å²) in [5, 5.41) is 2.74. The van der Waals surface area contributed by atoms with Crippen LogP contribution in [0.25, 0.3) is 0 Å². The maximum absolute atomic E-state index is 12.2. The van der Waals surface area contributed by atoms with Gasteiger partial charge in [-0.1, -0.05) is 23.2 Å². The minimum atomic E-state index is -0.283. The average molecular weight is 323 g/mol. The molecule has 106 valence electrons. The van der Waals surface area contributed by atoms with Crippen LogP contribution < -0.4 is 5.32 Å². The first-order valence-corrected chi connectivity index (χ1v) is 7.45. The predicted octanol–water partition coefficient (Wildman–Crippen LogP) is 3.04. The average Bonchev–Trinajstić information content (AvgIpc) is 2.63. The lowest BCUT2D eigenvalue weighted by Gasteiger charge is -2.20. The summed E-state index contributed by atoms with van der Waals surface area (Å²) in [5.41, 5.74) is 0.343. The zero-order chi connectivity index (χ0) is 14.6. The number of hydrogen-bond acceptors (Lipinski definition) is 3. The monoisotopic (exact) mass is 322 g/mol.